The molecule has 3 rings (SSSR count). The molecule has 0 aromatic rings. The molecular weight excluding hydrogens is 412 g/mol. The van der Waals surface area contributed by atoms with Gasteiger partial charge in [0.15, 0.2) is 0 Å². The average molecular weight is 451 g/mol. The number of ether oxygens (including phenoxy) is 2. The van der Waals surface area contributed by atoms with Gasteiger partial charge in [-0.2, -0.15) is 0 Å². The van der Waals surface area contributed by atoms with Gasteiger partial charge in [-0.3, -0.25) is 14.4 Å². The van der Waals surface area contributed by atoms with Crippen LogP contribution in [0.25, 0.3) is 0 Å². The SMILES string of the molecule is C=CCN(C(=O)C1N(CCCO)C(=O)[C@@H]2[C@H](C(=O)OCC)[C@]3(C)CCC12O3)C(C)CCC. The van der Waals surface area contributed by atoms with E-state index in [2.05, 4.69) is 13.5 Å². The largest absolute Gasteiger partial charge is 0.466 e. The van der Waals surface area contributed by atoms with Crippen molar-refractivity contribution in [3.05, 3.63) is 12.7 Å². The number of fused-ring (bicyclic) bond motifs is 1. The number of nitrogens with zero attached hydrogens (tertiary/aromatic N) is 2. The summed E-state index contributed by atoms with van der Waals surface area (Å²) in [5.74, 6) is -2.35. The lowest BCUT2D eigenvalue weighted by atomic mass is 9.66. The highest BCUT2D eigenvalue weighted by Crippen LogP contribution is 2.63. The number of aliphatic hydroxyl groups excluding tert-OH is 1. The van der Waals surface area contributed by atoms with Crippen molar-refractivity contribution in [2.24, 2.45) is 11.8 Å². The lowest BCUT2D eigenvalue weighted by Crippen LogP contribution is -2.58. The monoisotopic (exact) mass is 450 g/mol. The zero-order valence-corrected chi connectivity index (χ0v) is 19.8. The summed E-state index contributed by atoms with van der Waals surface area (Å²) >= 11 is 0. The molecule has 0 aliphatic carbocycles. The summed E-state index contributed by atoms with van der Waals surface area (Å²) in [5, 5.41) is 9.42. The van der Waals surface area contributed by atoms with Gasteiger partial charge < -0.3 is 24.4 Å². The first-order valence-corrected chi connectivity index (χ1v) is 11.9. The molecular formula is C24H38N2O6. The van der Waals surface area contributed by atoms with Gasteiger partial charge in [0, 0.05) is 25.7 Å². The number of likely N-dealkylation sites (tertiary alicyclic amines) is 1. The van der Waals surface area contributed by atoms with Crippen LogP contribution >= 0.6 is 0 Å². The Labute approximate surface area is 190 Å². The normalized spacial score (nSPS) is 33.8. The van der Waals surface area contributed by atoms with Gasteiger partial charge in [-0.15, -0.1) is 6.58 Å². The molecule has 0 aromatic carbocycles. The lowest BCUT2D eigenvalue weighted by molar-refractivity contribution is -0.160. The Hall–Kier alpha value is -1.93. The predicted molar refractivity (Wildman–Crippen MR) is 119 cm³/mol. The van der Waals surface area contributed by atoms with Crippen LogP contribution in [0.3, 0.4) is 0 Å². The molecule has 2 bridgehead atoms. The van der Waals surface area contributed by atoms with Crippen molar-refractivity contribution in [1.29, 1.82) is 0 Å². The number of hydrogen-bond acceptors (Lipinski definition) is 6. The van der Waals surface area contributed by atoms with Crippen molar-refractivity contribution >= 4 is 17.8 Å². The van der Waals surface area contributed by atoms with E-state index in [1.54, 1.807) is 22.8 Å². The molecule has 3 unspecified atom stereocenters. The molecule has 0 aromatic heterocycles. The minimum absolute atomic E-state index is 0.0224. The van der Waals surface area contributed by atoms with Crippen molar-refractivity contribution in [1.82, 2.24) is 9.80 Å². The number of rotatable bonds is 11. The molecule has 1 N–H and O–H groups in total. The Kier molecular flexibility index (Phi) is 7.34. The van der Waals surface area contributed by atoms with E-state index in [0.29, 0.717) is 25.8 Å². The second-order valence-corrected chi connectivity index (χ2v) is 9.51. The standard InChI is InChI=1S/C24H38N2O6/c1-6-10-16(4)25(13-7-2)21(29)19-24-12-11-23(5,32-24)18(22(30)31-8-3)17(24)20(28)26(19)14-9-15-27/h7,16-19,27H,2,6,8-15H2,1,3-5H3/t16?,17-,18+,19?,23-,24?/m0/s1. The molecule has 8 heteroatoms. The minimum Gasteiger partial charge on any atom is -0.466 e. The van der Waals surface area contributed by atoms with Crippen LogP contribution in [0.2, 0.25) is 0 Å². The van der Waals surface area contributed by atoms with Gasteiger partial charge in [0.25, 0.3) is 0 Å². The molecule has 1 spiro atoms. The molecule has 180 valence electrons. The molecule has 2 amide bonds. The first kappa shape index (κ1) is 24.7. The first-order chi connectivity index (χ1) is 15.2. The molecule has 3 fully saturated rings. The van der Waals surface area contributed by atoms with Gasteiger partial charge in [-0.05, 0) is 46.5 Å². The third-order valence-electron chi connectivity index (χ3n) is 7.46. The molecule has 3 saturated heterocycles. The Morgan fingerprint density at radius 1 is 1.41 bits per heavy atom. The molecule has 3 heterocycles. The maximum absolute atomic E-state index is 14.0. The van der Waals surface area contributed by atoms with Crippen LogP contribution in [0.15, 0.2) is 12.7 Å². The maximum atomic E-state index is 14.0. The molecule has 6 atom stereocenters. The van der Waals surface area contributed by atoms with Crippen molar-refractivity contribution in [2.75, 3.05) is 26.3 Å². The highest BCUT2D eigenvalue weighted by molar-refractivity contribution is 5.98. The number of carbonyl (C=O) groups excluding carboxylic acids is 3. The van der Waals surface area contributed by atoms with Crippen molar-refractivity contribution in [3.8, 4) is 0 Å². The second-order valence-electron chi connectivity index (χ2n) is 9.51. The van der Waals surface area contributed by atoms with E-state index < -0.39 is 35.0 Å². The summed E-state index contributed by atoms with van der Waals surface area (Å²) in [4.78, 5) is 44.0. The Morgan fingerprint density at radius 2 is 2.12 bits per heavy atom. The molecule has 32 heavy (non-hydrogen) atoms. The van der Waals surface area contributed by atoms with E-state index in [-0.39, 0.29) is 37.6 Å². The van der Waals surface area contributed by atoms with Gasteiger partial charge >= 0.3 is 5.97 Å². The second kappa shape index (κ2) is 9.51. The summed E-state index contributed by atoms with van der Waals surface area (Å²) < 4.78 is 11.9. The quantitative estimate of drug-likeness (QED) is 0.382. The number of hydrogen-bond donors (Lipinski definition) is 1. The summed E-state index contributed by atoms with van der Waals surface area (Å²) in [6, 6.07) is -0.849. The van der Waals surface area contributed by atoms with Gasteiger partial charge in [-0.1, -0.05) is 19.4 Å². The average Bonchev–Trinajstić information content (AvgIpc) is 3.31. The van der Waals surface area contributed by atoms with Gasteiger partial charge in [0.2, 0.25) is 11.8 Å². The molecule has 3 aliphatic heterocycles. The Bertz CT molecular complexity index is 757. The van der Waals surface area contributed by atoms with E-state index >= 15 is 0 Å². The topological polar surface area (TPSA) is 96.4 Å². The lowest BCUT2D eigenvalue weighted by Gasteiger charge is -2.39. The van der Waals surface area contributed by atoms with Crippen LogP contribution in [0.1, 0.15) is 59.8 Å². The maximum Gasteiger partial charge on any atom is 0.312 e. The third kappa shape index (κ3) is 3.75. The fourth-order valence-corrected chi connectivity index (χ4v) is 6.13. The number of amides is 2. The highest BCUT2D eigenvalue weighted by atomic mass is 16.6. The van der Waals surface area contributed by atoms with Crippen LogP contribution in [-0.4, -0.2) is 82.3 Å². The number of esters is 1. The van der Waals surface area contributed by atoms with Crippen molar-refractivity contribution in [2.45, 2.75) is 83.1 Å². The molecule has 3 aliphatic rings. The van der Waals surface area contributed by atoms with Gasteiger partial charge in [0.05, 0.1) is 18.1 Å². The summed E-state index contributed by atoms with van der Waals surface area (Å²) in [7, 11) is 0. The van der Waals surface area contributed by atoms with Crippen molar-refractivity contribution < 1.29 is 29.0 Å². The Balaban J connectivity index is 2.05. The predicted octanol–water partition coefficient (Wildman–Crippen LogP) is 1.90. The van der Waals surface area contributed by atoms with E-state index in [0.717, 1.165) is 12.8 Å². The molecule has 0 radical (unpaired) electrons. The van der Waals surface area contributed by atoms with Crippen LogP contribution in [0, 0.1) is 11.8 Å². The minimum atomic E-state index is -1.05. The van der Waals surface area contributed by atoms with Crippen LogP contribution in [0.5, 0.6) is 0 Å². The number of aliphatic hydroxyl groups is 1. The smallest absolute Gasteiger partial charge is 0.312 e. The zero-order valence-electron chi connectivity index (χ0n) is 19.8. The van der Waals surface area contributed by atoms with E-state index in [9.17, 15) is 19.5 Å². The van der Waals surface area contributed by atoms with Crippen LogP contribution < -0.4 is 0 Å². The molecule has 0 saturated carbocycles. The fourth-order valence-electron chi connectivity index (χ4n) is 6.13. The van der Waals surface area contributed by atoms with E-state index in [1.807, 2.05) is 13.8 Å². The van der Waals surface area contributed by atoms with Crippen molar-refractivity contribution in [3.63, 3.8) is 0 Å². The third-order valence-corrected chi connectivity index (χ3v) is 7.46. The highest BCUT2D eigenvalue weighted by Gasteiger charge is 2.78. The van der Waals surface area contributed by atoms with E-state index in [1.165, 1.54) is 0 Å². The van der Waals surface area contributed by atoms with Gasteiger partial charge in [0.1, 0.15) is 17.6 Å². The summed E-state index contributed by atoms with van der Waals surface area (Å²) in [5.41, 5.74) is -1.88. The first-order valence-electron chi connectivity index (χ1n) is 11.9. The molecule has 8 nitrogen and oxygen atoms in total. The zero-order chi connectivity index (χ0) is 23.7. The van der Waals surface area contributed by atoms with Crippen LogP contribution in [-0.2, 0) is 23.9 Å². The van der Waals surface area contributed by atoms with Gasteiger partial charge in [-0.25, -0.2) is 0 Å². The summed E-state index contributed by atoms with van der Waals surface area (Å²) in [6.45, 7) is 12.2. The Morgan fingerprint density at radius 3 is 2.72 bits per heavy atom. The summed E-state index contributed by atoms with van der Waals surface area (Å²) in [6.07, 6.45) is 4.93. The fraction of sp³-hybridized carbons (Fsp3) is 0.792. The van der Waals surface area contributed by atoms with Crippen LogP contribution in [0.4, 0.5) is 0 Å². The number of carbonyl (C=O) groups is 3. The van der Waals surface area contributed by atoms with E-state index in [4.69, 9.17) is 9.47 Å².